The molecule has 0 spiro atoms. The molecule has 28 nitrogen and oxygen atoms in total. The first-order valence-corrected chi connectivity index (χ1v) is 42.5. The predicted octanol–water partition coefficient (Wildman–Crippen LogP) is 14.4. The van der Waals surface area contributed by atoms with Crippen molar-refractivity contribution in [2.45, 2.75) is 224 Å². The fourth-order valence-electron chi connectivity index (χ4n) is 15.5. The summed E-state index contributed by atoms with van der Waals surface area (Å²) in [4.78, 5) is 121. The average Bonchev–Trinajstić information content (AvgIpc) is 0.854. The van der Waals surface area contributed by atoms with Gasteiger partial charge in [-0.3, -0.25) is 19.2 Å². The molecule has 4 aliphatic rings. The van der Waals surface area contributed by atoms with Gasteiger partial charge in [0.1, 0.15) is 51.1 Å². The first-order chi connectivity index (χ1) is 56.8. The van der Waals surface area contributed by atoms with Crippen molar-refractivity contribution in [3.8, 4) is 11.5 Å². The molecule has 646 valence electrons. The summed E-state index contributed by atoms with van der Waals surface area (Å²) < 4.78 is 54.6. The van der Waals surface area contributed by atoms with Gasteiger partial charge in [0.25, 0.3) is 0 Å². The van der Waals surface area contributed by atoms with Crippen LogP contribution in [-0.2, 0) is 47.5 Å². The Labute approximate surface area is 690 Å². The van der Waals surface area contributed by atoms with Crippen molar-refractivity contribution in [3.63, 3.8) is 0 Å². The number of carbonyl (C=O) groups is 10. The Morgan fingerprint density at radius 3 is 1.07 bits per heavy atom. The fourth-order valence-corrected chi connectivity index (χ4v) is 15.5. The van der Waals surface area contributed by atoms with Crippen LogP contribution in [0.15, 0.2) is 109 Å². The summed E-state index contributed by atoms with van der Waals surface area (Å²) in [7, 11) is 3.15. The van der Waals surface area contributed by atoms with Crippen LogP contribution in [0.1, 0.15) is 226 Å². The van der Waals surface area contributed by atoms with Gasteiger partial charge in [0.2, 0.25) is 11.8 Å². The lowest BCUT2D eigenvalue weighted by molar-refractivity contribution is -0.120. The smallest absolute Gasteiger partial charge is 0.407 e. The zero-order chi connectivity index (χ0) is 83.7. The Morgan fingerprint density at radius 2 is 0.701 bits per heavy atom. The van der Waals surface area contributed by atoms with Gasteiger partial charge in [-0.2, -0.15) is 0 Å². The molecule has 0 radical (unpaired) electrons. The van der Waals surface area contributed by atoms with Crippen molar-refractivity contribution in [2.75, 3.05) is 99.9 Å². The normalized spacial score (nSPS) is 19.7. The summed E-state index contributed by atoms with van der Waals surface area (Å²) in [6.45, 7) is 8.06. The lowest BCUT2D eigenvalue weighted by Gasteiger charge is -2.34. The first-order valence-electron chi connectivity index (χ1n) is 42.5. The summed E-state index contributed by atoms with van der Waals surface area (Å²) in [6, 6.07) is 32.7. The van der Waals surface area contributed by atoms with Crippen molar-refractivity contribution in [2.24, 2.45) is 29.1 Å². The van der Waals surface area contributed by atoms with Gasteiger partial charge < -0.3 is 89.9 Å². The predicted molar refractivity (Wildman–Crippen MR) is 442 cm³/mol. The molecule has 2 unspecified atom stereocenters. The minimum absolute atomic E-state index is 0.0128. The Morgan fingerprint density at radius 1 is 0.350 bits per heavy atom. The van der Waals surface area contributed by atoms with Gasteiger partial charge in [0.05, 0.1) is 25.2 Å². The molecule has 0 aliphatic heterocycles. The van der Waals surface area contributed by atoms with E-state index in [-0.39, 0.29) is 94.4 Å². The molecule has 4 aromatic carbocycles. The SMILES string of the molecule is CCC(COC)(COC(=O)NCCCCCCNC(=O)OCCOC(=O)NCCCCCCNC(C)=O)COc1ccc(C(=O)c2ccccc2)cc1.COCC(COc1ccc(C(=O)c2ccccc2)cc1)OC(=O)NC1CCC(CC2CCC(NC(=O)OCCOC(=O)NC3CCC(CC4CCC(NC(C)=O)CC4)CC3)CC2)CC1. The van der Waals surface area contributed by atoms with E-state index in [0.717, 1.165) is 154 Å². The number of rotatable bonds is 46. The molecular weight excluding hydrogens is 1500 g/mol. The third-order valence-electron chi connectivity index (χ3n) is 22.2. The Bertz CT molecular complexity index is 3570. The topological polar surface area (TPSA) is 359 Å². The van der Waals surface area contributed by atoms with Gasteiger partial charge in [0, 0.05) is 101 Å². The highest BCUT2D eigenvalue weighted by molar-refractivity contribution is 6.09. The first kappa shape index (κ1) is 94.5. The monoisotopic (exact) mass is 1630 g/mol. The van der Waals surface area contributed by atoms with E-state index in [2.05, 4.69) is 42.5 Å². The molecule has 4 saturated carbocycles. The Hall–Kier alpha value is -9.70. The van der Waals surface area contributed by atoms with Gasteiger partial charge in [-0.1, -0.05) is 93.3 Å². The number of hydrogen-bond donors (Lipinski definition) is 8. The van der Waals surface area contributed by atoms with E-state index in [1.807, 2.05) is 43.3 Å². The molecule has 4 aliphatic carbocycles. The number of ether oxygens (including phenoxy) is 10. The van der Waals surface area contributed by atoms with E-state index in [0.29, 0.717) is 96.8 Å². The van der Waals surface area contributed by atoms with Gasteiger partial charge >= 0.3 is 36.6 Å². The van der Waals surface area contributed by atoms with Crippen LogP contribution in [0.4, 0.5) is 28.8 Å². The highest BCUT2D eigenvalue weighted by atomic mass is 16.6. The molecule has 8 amide bonds. The largest absolute Gasteiger partial charge is 0.493 e. The summed E-state index contributed by atoms with van der Waals surface area (Å²) >= 11 is 0. The molecule has 0 bridgehead atoms. The second-order valence-electron chi connectivity index (χ2n) is 31.5. The standard InChI is InChI=1S/C50H72N4O10.C39H58N4O10/c1-34(55)51-41-18-8-35(9-19-41)30-36-10-20-42(21-11-36)52-48(57)61-28-29-62-49(58)53-43-22-12-37(13-23-43)31-38-14-24-44(25-15-38)54-50(59)64-46(32-60-2)33-63-45-26-16-40(17-27-45)47(56)39-6-4-3-5-7-39;1-4-39(28-49-3,29-52-34-20-18-33(19-21-34)35(45)32-16-10-9-11-17-32)30-53-38(48)43-25-15-8-7-14-24-42-37(47)51-27-26-50-36(46)41-23-13-6-5-12-22-40-31(2)44/h3-7,16-17,26-27,35-38,41-44,46H,8-15,18-25,28-33H2,1-2H3,(H,51,55)(H,52,57)(H,53,58)(H,54,59);9-11,16-21H,4-8,12-15,22-30H2,1-3H3,(H,40,44)(H,41,46)(H,42,47)(H,43,48). The highest BCUT2D eigenvalue weighted by Crippen LogP contribution is 2.38. The maximum Gasteiger partial charge on any atom is 0.407 e. The van der Waals surface area contributed by atoms with Crippen LogP contribution >= 0.6 is 0 Å². The quantitative estimate of drug-likeness (QED) is 0.0116. The zero-order valence-corrected chi connectivity index (χ0v) is 69.5. The van der Waals surface area contributed by atoms with Crippen LogP contribution in [0.5, 0.6) is 11.5 Å². The molecule has 8 rings (SSSR count). The number of benzene rings is 4. The van der Waals surface area contributed by atoms with Crippen molar-refractivity contribution >= 4 is 59.9 Å². The van der Waals surface area contributed by atoms with Gasteiger partial charge in [-0.15, -0.1) is 0 Å². The molecular formula is C89H130N8O20. The molecule has 8 N–H and O–H groups in total. The average molecular weight is 1630 g/mol. The number of carbonyl (C=O) groups excluding carboxylic acids is 10. The second-order valence-corrected chi connectivity index (χ2v) is 31.5. The number of ketones is 2. The molecule has 117 heavy (non-hydrogen) atoms. The van der Waals surface area contributed by atoms with Crippen LogP contribution in [0.2, 0.25) is 0 Å². The van der Waals surface area contributed by atoms with E-state index in [1.165, 1.54) is 26.2 Å². The number of nitrogens with one attached hydrogen (secondary N) is 8. The molecule has 0 heterocycles. The Balaban J connectivity index is 0.000000330. The second kappa shape index (κ2) is 54.3. The molecule has 28 heteroatoms. The zero-order valence-electron chi connectivity index (χ0n) is 69.5. The summed E-state index contributed by atoms with van der Waals surface area (Å²) in [5.41, 5.74) is 1.82. The number of methoxy groups -OCH3 is 2. The number of hydrogen-bond acceptors (Lipinski definition) is 20. The van der Waals surface area contributed by atoms with E-state index in [1.54, 1.807) is 93.9 Å². The van der Waals surface area contributed by atoms with Crippen molar-refractivity contribution in [1.29, 1.82) is 0 Å². The van der Waals surface area contributed by atoms with Gasteiger partial charge in [-0.25, -0.2) is 28.8 Å². The van der Waals surface area contributed by atoms with Gasteiger partial charge in [0.15, 0.2) is 17.7 Å². The minimum atomic E-state index is -0.599. The van der Waals surface area contributed by atoms with Crippen LogP contribution < -0.4 is 52.0 Å². The fraction of sp³-hybridized carbons (Fsp3) is 0.618. The minimum Gasteiger partial charge on any atom is -0.493 e. The van der Waals surface area contributed by atoms with Crippen molar-refractivity contribution in [3.05, 3.63) is 131 Å². The highest BCUT2D eigenvalue weighted by Gasteiger charge is 2.34. The van der Waals surface area contributed by atoms with Crippen LogP contribution in [0.25, 0.3) is 0 Å². The summed E-state index contributed by atoms with van der Waals surface area (Å²) in [6.07, 6.45) is 22.7. The van der Waals surface area contributed by atoms with E-state index >= 15 is 0 Å². The number of unbranched alkanes of at least 4 members (excludes halogenated alkanes) is 6. The maximum atomic E-state index is 12.9. The molecule has 4 fully saturated rings. The molecule has 4 aromatic rings. The lowest BCUT2D eigenvalue weighted by atomic mass is 9.75. The summed E-state index contributed by atoms with van der Waals surface area (Å²) in [5, 5.41) is 22.9. The van der Waals surface area contributed by atoms with E-state index in [4.69, 9.17) is 47.4 Å². The van der Waals surface area contributed by atoms with Crippen LogP contribution in [0, 0.1) is 29.1 Å². The van der Waals surface area contributed by atoms with Crippen molar-refractivity contribution in [1.82, 2.24) is 42.5 Å². The Kier molecular flexibility index (Phi) is 43.9. The molecule has 0 aromatic heterocycles. The van der Waals surface area contributed by atoms with Crippen LogP contribution in [0.3, 0.4) is 0 Å². The molecule has 2 atom stereocenters. The summed E-state index contributed by atoms with van der Waals surface area (Å²) in [5.74, 6) is 3.74. The number of amides is 8. The third-order valence-corrected chi connectivity index (χ3v) is 22.2. The lowest BCUT2D eigenvalue weighted by Crippen LogP contribution is -2.41. The maximum absolute atomic E-state index is 12.9. The van der Waals surface area contributed by atoms with Gasteiger partial charge in [-0.05, 0) is 220 Å². The van der Waals surface area contributed by atoms with E-state index < -0.39 is 48.1 Å². The number of alkyl carbamates (subject to hydrolysis) is 6. The van der Waals surface area contributed by atoms with Crippen LogP contribution in [-0.4, -0.2) is 190 Å². The third kappa shape index (κ3) is 38.5. The molecule has 0 saturated heterocycles. The van der Waals surface area contributed by atoms with E-state index in [9.17, 15) is 47.9 Å². The van der Waals surface area contributed by atoms with Crippen molar-refractivity contribution < 1.29 is 95.3 Å².